The third kappa shape index (κ3) is 1.03. The lowest BCUT2D eigenvalue weighted by atomic mass is 10.4. The van der Waals surface area contributed by atoms with Crippen LogP contribution in [0.2, 0.25) is 0 Å². The second-order valence-electron chi connectivity index (χ2n) is 2.00. The summed E-state index contributed by atoms with van der Waals surface area (Å²) in [5, 5.41) is 3.08. The molecular formula is C5H9NOS. The van der Waals surface area contributed by atoms with Crippen LogP contribution in [0.4, 0.5) is 0 Å². The molecule has 0 spiro atoms. The van der Waals surface area contributed by atoms with Gasteiger partial charge in [0, 0.05) is 12.3 Å². The van der Waals surface area contributed by atoms with E-state index in [4.69, 9.17) is 0 Å². The SMILES string of the molecule is CC1(C=O)NCCS1. The summed E-state index contributed by atoms with van der Waals surface area (Å²) in [5.74, 6) is 1.05. The van der Waals surface area contributed by atoms with E-state index in [9.17, 15) is 4.79 Å². The first-order valence-electron chi connectivity index (χ1n) is 2.62. The molecule has 1 fully saturated rings. The predicted molar refractivity (Wildman–Crippen MR) is 34.9 cm³/mol. The molecule has 1 N–H and O–H groups in total. The molecule has 1 unspecified atom stereocenters. The van der Waals surface area contributed by atoms with Crippen molar-refractivity contribution in [1.82, 2.24) is 5.32 Å². The highest BCUT2D eigenvalue weighted by Crippen LogP contribution is 2.23. The number of nitrogens with one attached hydrogen (secondary N) is 1. The number of hydrogen-bond acceptors (Lipinski definition) is 3. The van der Waals surface area contributed by atoms with Crippen LogP contribution in [0.3, 0.4) is 0 Å². The monoisotopic (exact) mass is 131 g/mol. The molecule has 0 radical (unpaired) electrons. The van der Waals surface area contributed by atoms with Gasteiger partial charge in [0.05, 0.1) is 0 Å². The van der Waals surface area contributed by atoms with Crippen molar-refractivity contribution in [3.63, 3.8) is 0 Å². The van der Waals surface area contributed by atoms with Crippen molar-refractivity contribution in [2.24, 2.45) is 0 Å². The zero-order valence-electron chi connectivity index (χ0n) is 4.81. The minimum atomic E-state index is -0.278. The fourth-order valence-electron chi connectivity index (χ4n) is 0.689. The van der Waals surface area contributed by atoms with Gasteiger partial charge < -0.3 is 4.79 Å². The van der Waals surface area contributed by atoms with E-state index in [1.807, 2.05) is 6.92 Å². The van der Waals surface area contributed by atoms with Gasteiger partial charge in [-0.15, -0.1) is 11.8 Å². The van der Waals surface area contributed by atoms with Gasteiger partial charge >= 0.3 is 0 Å². The van der Waals surface area contributed by atoms with Crippen LogP contribution in [0.25, 0.3) is 0 Å². The van der Waals surface area contributed by atoms with Crippen molar-refractivity contribution < 1.29 is 4.79 Å². The number of rotatable bonds is 1. The molecule has 8 heavy (non-hydrogen) atoms. The van der Waals surface area contributed by atoms with Crippen molar-refractivity contribution in [2.75, 3.05) is 12.3 Å². The lowest BCUT2D eigenvalue weighted by molar-refractivity contribution is -0.110. The van der Waals surface area contributed by atoms with E-state index >= 15 is 0 Å². The molecule has 0 aromatic carbocycles. The molecule has 1 rings (SSSR count). The van der Waals surface area contributed by atoms with Crippen LogP contribution in [0.1, 0.15) is 6.92 Å². The normalized spacial score (nSPS) is 37.6. The Bertz CT molecular complexity index is 98.6. The van der Waals surface area contributed by atoms with Crippen LogP contribution in [-0.4, -0.2) is 23.5 Å². The summed E-state index contributed by atoms with van der Waals surface area (Å²) in [7, 11) is 0. The summed E-state index contributed by atoms with van der Waals surface area (Å²) < 4.78 is 0. The molecule has 0 aliphatic carbocycles. The molecule has 1 aliphatic rings. The average Bonchev–Trinajstić information content (AvgIpc) is 2.17. The Morgan fingerprint density at radius 1 is 1.88 bits per heavy atom. The molecule has 0 saturated carbocycles. The Hall–Kier alpha value is -0.0200. The maximum absolute atomic E-state index is 10.2. The van der Waals surface area contributed by atoms with E-state index in [2.05, 4.69) is 5.32 Å². The highest BCUT2D eigenvalue weighted by atomic mass is 32.2. The van der Waals surface area contributed by atoms with Crippen molar-refractivity contribution in [3.05, 3.63) is 0 Å². The summed E-state index contributed by atoms with van der Waals surface area (Å²) in [4.78, 5) is 9.97. The Morgan fingerprint density at radius 3 is 2.88 bits per heavy atom. The molecule has 1 atom stereocenters. The molecule has 3 heteroatoms. The van der Waals surface area contributed by atoms with Crippen molar-refractivity contribution in [3.8, 4) is 0 Å². The summed E-state index contributed by atoms with van der Waals surface area (Å²) in [6, 6.07) is 0. The van der Waals surface area contributed by atoms with Crippen LogP contribution in [0.5, 0.6) is 0 Å². The van der Waals surface area contributed by atoms with Gasteiger partial charge in [-0.25, -0.2) is 0 Å². The van der Waals surface area contributed by atoms with Gasteiger partial charge in [-0.2, -0.15) is 0 Å². The van der Waals surface area contributed by atoms with Crippen LogP contribution in [-0.2, 0) is 4.79 Å². The van der Waals surface area contributed by atoms with Crippen molar-refractivity contribution in [2.45, 2.75) is 11.8 Å². The molecule has 0 aromatic rings. The zero-order valence-corrected chi connectivity index (χ0v) is 5.62. The third-order valence-electron chi connectivity index (χ3n) is 1.20. The maximum Gasteiger partial charge on any atom is 0.150 e. The minimum absolute atomic E-state index is 0.278. The molecule has 0 bridgehead atoms. The van der Waals surface area contributed by atoms with Crippen molar-refractivity contribution in [1.29, 1.82) is 0 Å². The summed E-state index contributed by atoms with van der Waals surface area (Å²) in [5.41, 5.74) is 0. The summed E-state index contributed by atoms with van der Waals surface area (Å²) in [6.07, 6.45) is 0.963. The predicted octanol–water partition coefficient (Wildman–Crippen LogP) is 0.238. The zero-order chi connectivity index (χ0) is 6.04. The first-order valence-corrected chi connectivity index (χ1v) is 3.61. The molecule has 46 valence electrons. The van der Waals surface area contributed by atoms with Gasteiger partial charge in [-0.05, 0) is 6.92 Å². The van der Waals surface area contributed by atoms with Crippen LogP contribution < -0.4 is 5.32 Å². The van der Waals surface area contributed by atoms with E-state index in [0.717, 1.165) is 18.6 Å². The second kappa shape index (κ2) is 2.07. The smallest absolute Gasteiger partial charge is 0.150 e. The molecule has 1 aliphatic heterocycles. The minimum Gasteiger partial charge on any atom is -0.300 e. The van der Waals surface area contributed by atoms with Crippen LogP contribution in [0.15, 0.2) is 0 Å². The highest BCUT2D eigenvalue weighted by molar-refractivity contribution is 8.01. The van der Waals surface area contributed by atoms with Gasteiger partial charge in [-0.1, -0.05) is 0 Å². The number of carbonyl (C=O) groups excluding carboxylic acids is 1. The van der Waals surface area contributed by atoms with Gasteiger partial charge in [-0.3, -0.25) is 5.32 Å². The quantitative estimate of drug-likeness (QED) is 0.517. The van der Waals surface area contributed by atoms with Crippen molar-refractivity contribution >= 4 is 18.0 Å². The second-order valence-corrected chi connectivity index (χ2v) is 3.55. The molecule has 0 aromatic heterocycles. The number of aldehydes is 1. The number of thioether (sulfide) groups is 1. The fourth-order valence-corrected chi connectivity index (χ4v) is 1.59. The Morgan fingerprint density at radius 2 is 2.62 bits per heavy atom. The molecule has 1 heterocycles. The summed E-state index contributed by atoms with van der Waals surface area (Å²) >= 11 is 1.67. The van der Waals surface area contributed by atoms with Gasteiger partial charge in [0.15, 0.2) is 0 Å². The number of hydrogen-bond donors (Lipinski definition) is 1. The van der Waals surface area contributed by atoms with E-state index in [-0.39, 0.29) is 4.87 Å². The topological polar surface area (TPSA) is 29.1 Å². The summed E-state index contributed by atoms with van der Waals surface area (Å²) in [6.45, 7) is 2.86. The molecule has 2 nitrogen and oxygen atoms in total. The average molecular weight is 131 g/mol. The molecule has 1 saturated heterocycles. The lowest BCUT2D eigenvalue weighted by Crippen LogP contribution is -2.34. The van der Waals surface area contributed by atoms with Crippen LogP contribution >= 0.6 is 11.8 Å². The molecule has 0 amide bonds. The first-order chi connectivity index (χ1) is 3.77. The maximum atomic E-state index is 10.2. The number of carbonyl (C=O) groups is 1. The molecular weight excluding hydrogens is 122 g/mol. The Labute approximate surface area is 53.0 Å². The largest absolute Gasteiger partial charge is 0.300 e. The van der Waals surface area contributed by atoms with Gasteiger partial charge in [0.25, 0.3) is 0 Å². The Balaban J connectivity index is 2.52. The Kier molecular flexibility index (Phi) is 1.58. The van der Waals surface area contributed by atoms with Gasteiger partial charge in [0.2, 0.25) is 0 Å². The van der Waals surface area contributed by atoms with E-state index < -0.39 is 0 Å². The van der Waals surface area contributed by atoms with Gasteiger partial charge in [0.1, 0.15) is 11.2 Å². The first kappa shape index (κ1) is 6.11. The van der Waals surface area contributed by atoms with Crippen LogP contribution in [0, 0.1) is 0 Å². The van der Waals surface area contributed by atoms with E-state index in [0.29, 0.717) is 0 Å². The standard InChI is InChI=1S/C5H9NOS/c1-5(4-7)6-2-3-8-5/h4,6H,2-3H2,1H3. The lowest BCUT2D eigenvalue weighted by Gasteiger charge is -2.12. The van der Waals surface area contributed by atoms with E-state index in [1.165, 1.54) is 0 Å². The third-order valence-corrected chi connectivity index (χ3v) is 2.45. The highest BCUT2D eigenvalue weighted by Gasteiger charge is 2.27. The van der Waals surface area contributed by atoms with E-state index in [1.54, 1.807) is 11.8 Å². The fraction of sp³-hybridized carbons (Fsp3) is 0.800.